The first-order valence-corrected chi connectivity index (χ1v) is 9.07. The molecular formula is C16H13BrN2O3S. The number of rotatable bonds is 5. The van der Waals surface area contributed by atoms with Gasteiger partial charge in [0, 0.05) is 17.2 Å². The minimum atomic E-state index is -3.63. The Labute approximate surface area is 142 Å². The molecule has 1 aromatic carbocycles. The van der Waals surface area contributed by atoms with Gasteiger partial charge in [0.1, 0.15) is 5.69 Å². The van der Waals surface area contributed by atoms with E-state index in [9.17, 15) is 8.42 Å². The van der Waals surface area contributed by atoms with E-state index in [2.05, 4.69) is 25.6 Å². The zero-order valence-electron chi connectivity index (χ0n) is 11.9. The second kappa shape index (κ2) is 6.66. The molecule has 0 aliphatic rings. The summed E-state index contributed by atoms with van der Waals surface area (Å²) in [6.45, 7) is 0.119. The number of nitrogens with one attached hydrogen (secondary N) is 1. The molecule has 0 unspecified atom stereocenters. The Kier molecular flexibility index (Phi) is 4.61. The molecule has 0 spiro atoms. The number of benzene rings is 1. The van der Waals surface area contributed by atoms with Gasteiger partial charge in [-0.2, -0.15) is 0 Å². The highest BCUT2D eigenvalue weighted by Gasteiger charge is 2.18. The average molecular weight is 393 g/mol. The molecule has 118 valence electrons. The van der Waals surface area contributed by atoms with Crippen LogP contribution in [0.2, 0.25) is 0 Å². The molecule has 23 heavy (non-hydrogen) atoms. The van der Waals surface area contributed by atoms with Crippen molar-refractivity contribution >= 4 is 26.0 Å². The van der Waals surface area contributed by atoms with E-state index in [1.807, 2.05) is 6.07 Å². The van der Waals surface area contributed by atoms with Crippen molar-refractivity contribution in [1.29, 1.82) is 0 Å². The number of nitrogens with zero attached hydrogens (tertiary/aromatic N) is 1. The second-order valence-electron chi connectivity index (χ2n) is 4.74. The van der Waals surface area contributed by atoms with Gasteiger partial charge in [-0.15, -0.1) is 0 Å². The van der Waals surface area contributed by atoms with Crippen LogP contribution in [0.1, 0.15) is 5.56 Å². The normalized spacial score (nSPS) is 11.5. The molecule has 2 heterocycles. The molecular weight excluding hydrogens is 380 g/mol. The summed E-state index contributed by atoms with van der Waals surface area (Å²) >= 11 is 3.26. The largest absolute Gasteiger partial charge is 0.463 e. The molecule has 3 aromatic rings. The quantitative estimate of drug-likeness (QED) is 0.719. The first-order valence-electron chi connectivity index (χ1n) is 6.80. The number of pyridine rings is 1. The zero-order valence-corrected chi connectivity index (χ0v) is 14.3. The third kappa shape index (κ3) is 3.52. The highest BCUT2D eigenvalue weighted by molar-refractivity contribution is 9.10. The Morgan fingerprint density at radius 3 is 2.65 bits per heavy atom. The molecule has 7 heteroatoms. The van der Waals surface area contributed by atoms with Crippen molar-refractivity contribution in [3.05, 3.63) is 71.0 Å². The maximum atomic E-state index is 12.4. The van der Waals surface area contributed by atoms with Crippen molar-refractivity contribution in [2.75, 3.05) is 0 Å². The van der Waals surface area contributed by atoms with E-state index in [-0.39, 0.29) is 11.4 Å². The van der Waals surface area contributed by atoms with Crippen LogP contribution in [0.5, 0.6) is 0 Å². The molecule has 0 fully saturated rings. The van der Waals surface area contributed by atoms with Crippen molar-refractivity contribution < 1.29 is 12.8 Å². The van der Waals surface area contributed by atoms with E-state index in [1.165, 1.54) is 0 Å². The fraction of sp³-hybridized carbons (Fsp3) is 0.0625. The molecule has 0 atom stereocenters. The predicted octanol–water partition coefficient (Wildman–Crippen LogP) is 3.58. The molecule has 0 aliphatic heterocycles. The Balaban J connectivity index is 1.86. The van der Waals surface area contributed by atoms with Crippen LogP contribution < -0.4 is 4.72 Å². The van der Waals surface area contributed by atoms with Crippen molar-refractivity contribution in [1.82, 2.24) is 9.71 Å². The summed E-state index contributed by atoms with van der Waals surface area (Å²) in [5.41, 5.74) is 1.35. The zero-order chi connectivity index (χ0) is 16.3. The molecule has 0 saturated carbocycles. The first-order chi connectivity index (χ1) is 11.1. The van der Waals surface area contributed by atoms with Crippen LogP contribution in [0.4, 0.5) is 0 Å². The minimum absolute atomic E-state index is 0.119. The summed E-state index contributed by atoms with van der Waals surface area (Å²) in [5, 5.41) is 0. The van der Waals surface area contributed by atoms with E-state index in [1.54, 1.807) is 54.9 Å². The summed E-state index contributed by atoms with van der Waals surface area (Å²) in [5.74, 6) is 0.598. The minimum Gasteiger partial charge on any atom is -0.463 e. The average Bonchev–Trinajstić information content (AvgIpc) is 3.08. The van der Waals surface area contributed by atoms with Gasteiger partial charge in [-0.25, -0.2) is 13.1 Å². The van der Waals surface area contributed by atoms with Crippen LogP contribution in [0.15, 0.2) is 74.8 Å². The first kappa shape index (κ1) is 15.9. The predicted molar refractivity (Wildman–Crippen MR) is 90.1 cm³/mol. The maximum absolute atomic E-state index is 12.4. The number of hydrogen-bond donors (Lipinski definition) is 1. The molecule has 0 bridgehead atoms. The fourth-order valence-corrected chi connectivity index (χ4v) is 4.14. The van der Waals surface area contributed by atoms with Gasteiger partial charge in [-0.05, 0) is 51.8 Å². The van der Waals surface area contributed by atoms with Crippen LogP contribution in [0.3, 0.4) is 0 Å². The highest BCUT2D eigenvalue weighted by atomic mass is 79.9. The topological polar surface area (TPSA) is 72.2 Å². The summed E-state index contributed by atoms with van der Waals surface area (Å²) in [4.78, 5) is 4.47. The molecule has 0 saturated heterocycles. The van der Waals surface area contributed by atoms with E-state index < -0.39 is 10.0 Å². The lowest BCUT2D eigenvalue weighted by atomic mass is 10.1. The van der Waals surface area contributed by atoms with Gasteiger partial charge in [-0.3, -0.25) is 4.98 Å². The Morgan fingerprint density at radius 1 is 1.09 bits per heavy atom. The summed E-state index contributed by atoms with van der Waals surface area (Å²) in [6.07, 6.45) is 3.20. The summed E-state index contributed by atoms with van der Waals surface area (Å²) in [7, 11) is -3.63. The van der Waals surface area contributed by atoms with E-state index >= 15 is 0 Å². The van der Waals surface area contributed by atoms with Gasteiger partial charge in [0.2, 0.25) is 10.0 Å². The maximum Gasteiger partial charge on any atom is 0.241 e. The van der Waals surface area contributed by atoms with Crippen LogP contribution in [0.25, 0.3) is 11.5 Å². The van der Waals surface area contributed by atoms with Gasteiger partial charge in [0.25, 0.3) is 0 Å². The lowest BCUT2D eigenvalue weighted by molar-refractivity contribution is 0.575. The molecule has 0 aliphatic carbocycles. The SMILES string of the molecule is O=S(=O)(NCc1cccnc1-c1ccco1)c1ccccc1Br. The number of furan rings is 1. The van der Waals surface area contributed by atoms with Crippen molar-refractivity contribution in [3.63, 3.8) is 0 Å². The van der Waals surface area contributed by atoms with Crippen LogP contribution in [-0.2, 0) is 16.6 Å². The lowest BCUT2D eigenvalue weighted by Gasteiger charge is -2.10. The van der Waals surface area contributed by atoms with Gasteiger partial charge < -0.3 is 4.42 Å². The highest BCUT2D eigenvalue weighted by Crippen LogP contribution is 2.23. The number of aromatic nitrogens is 1. The van der Waals surface area contributed by atoms with Crippen LogP contribution in [0, 0.1) is 0 Å². The van der Waals surface area contributed by atoms with Crippen molar-refractivity contribution in [2.24, 2.45) is 0 Å². The van der Waals surface area contributed by atoms with Gasteiger partial charge >= 0.3 is 0 Å². The van der Waals surface area contributed by atoms with Gasteiger partial charge in [0.15, 0.2) is 5.76 Å². The Morgan fingerprint density at radius 2 is 1.91 bits per heavy atom. The van der Waals surface area contributed by atoms with Crippen molar-refractivity contribution in [3.8, 4) is 11.5 Å². The summed E-state index contributed by atoms with van der Waals surface area (Å²) < 4.78 is 33.3. The van der Waals surface area contributed by atoms with E-state index in [0.29, 0.717) is 15.9 Å². The molecule has 0 radical (unpaired) electrons. The molecule has 1 N–H and O–H groups in total. The van der Waals surface area contributed by atoms with Crippen molar-refractivity contribution in [2.45, 2.75) is 11.4 Å². The second-order valence-corrected chi connectivity index (χ2v) is 7.33. The fourth-order valence-electron chi connectivity index (χ4n) is 2.13. The lowest BCUT2D eigenvalue weighted by Crippen LogP contribution is -2.24. The molecule has 2 aromatic heterocycles. The smallest absolute Gasteiger partial charge is 0.241 e. The Bertz CT molecular complexity index is 909. The Hall–Kier alpha value is -1.96. The monoisotopic (exact) mass is 392 g/mol. The third-order valence-corrected chi connectivity index (χ3v) is 5.64. The molecule has 0 amide bonds. The summed E-state index contributed by atoms with van der Waals surface area (Å²) in [6, 6.07) is 13.8. The van der Waals surface area contributed by atoms with E-state index in [0.717, 1.165) is 5.56 Å². The van der Waals surface area contributed by atoms with Gasteiger partial charge in [0.05, 0.1) is 11.2 Å². The molecule has 3 rings (SSSR count). The van der Waals surface area contributed by atoms with Gasteiger partial charge in [-0.1, -0.05) is 18.2 Å². The van der Waals surface area contributed by atoms with E-state index in [4.69, 9.17) is 4.42 Å². The standard InChI is InChI=1S/C16H13BrN2O3S/c17-13-6-1-2-8-15(13)23(20,21)19-11-12-5-3-9-18-16(12)14-7-4-10-22-14/h1-10,19H,11H2. The number of sulfonamides is 1. The van der Waals surface area contributed by atoms with Crippen LogP contribution in [-0.4, -0.2) is 13.4 Å². The number of hydrogen-bond acceptors (Lipinski definition) is 4. The van der Waals surface area contributed by atoms with Crippen LogP contribution >= 0.6 is 15.9 Å². The molecule has 5 nitrogen and oxygen atoms in total. The number of halogens is 1. The third-order valence-electron chi connectivity index (χ3n) is 3.22.